The fraction of sp³-hybridized carbons (Fsp3) is 0.462. The quantitative estimate of drug-likeness (QED) is 0.822. The van der Waals surface area contributed by atoms with Gasteiger partial charge in [0, 0.05) is 0 Å². The van der Waals surface area contributed by atoms with E-state index in [1.54, 1.807) is 6.92 Å². The lowest BCUT2D eigenvalue weighted by Crippen LogP contribution is -2.10. The van der Waals surface area contributed by atoms with Crippen LogP contribution in [0.5, 0.6) is 0 Å². The SMILES string of the molecule is Cc1cc(C)cc(CCC(C)C(=O)O)c1. The lowest BCUT2D eigenvalue weighted by Gasteiger charge is -2.07. The van der Waals surface area contributed by atoms with Crippen LogP contribution in [0.4, 0.5) is 0 Å². The number of carboxylic acid groups (broad SMARTS) is 1. The number of aliphatic carboxylic acids is 1. The molecule has 0 fully saturated rings. The maximum atomic E-state index is 10.7. The molecule has 2 heteroatoms. The van der Waals surface area contributed by atoms with E-state index in [-0.39, 0.29) is 5.92 Å². The molecule has 0 amide bonds. The molecule has 1 atom stereocenters. The van der Waals surface area contributed by atoms with Crippen molar-refractivity contribution in [1.82, 2.24) is 0 Å². The standard InChI is InChI=1S/C13H18O2/c1-9-6-10(2)8-12(7-9)5-4-11(3)13(14)15/h6-8,11H,4-5H2,1-3H3,(H,14,15). The smallest absolute Gasteiger partial charge is 0.306 e. The van der Waals surface area contributed by atoms with Crippen molar-refractivity contribution in [1.29, 1.82) is 0 Å². The number of aryl methyl sites for hydroxylation is 3. The van der Waals surface area contributed by atoms with Gasteiger partial charge in [-0.2, -0.15) is 0 Å². The van der Waals surface area contributed by atoms with Crippen molar-refractivity contribution < 1.29 is 9.90 Å². The topological polar surface area (TPSA) is 37.3 Å². The molecule has 0 saturated carbocycles. The first kappa shape index (κ1) is 11.8. The lowest BCUT2D eigenvalue weighted by atomic mass is 9.98. The number of carbonyl (C=O) groups is 1. The summed E-state index contributed by atoms with van der Waals surface area (Å²) in [5.41, 5.74) is 3.72. The molecule has 0 aliphatic carbocycles. The zero-order chi connectivity index (χ0) is 11.4. The van der Waals surface area contributed by atoms with Crippen LogP contribution in [-0.2, 0) is 11.2 Å². The van der Waals surface area contributed by atoms with E-state index in [1.807, 2.05) is 0 Å². The Bertz CT molecular complexity index is 335. The second kappa shape index (κ2) is 4.96. The zero-order valence-electron chi connectivity index (χ0n) is 9.58. The van der Waals surface area contributed by atoms with Crippen LogP contribution in [0.15, 0.2) is 18.2 Å². The molecule has 0 radical (unpaired) electrons. The van der Waals surface area contributed by atoms with Gasteiger partial charge in [-0.3, -0.25) is 4.79 Å². The highest BCUT2D eigenvalue weighted by Crippen LogP contribution is 2.13. The Morgan fingerprint density at radius 3 is 2.27 bits per heavy atom. The summed E-state index contributed by atoms with van der Waals surface area (Å²) >= 11 is 0. The van der Waals surface area contributed by atoms with E-state index in [2.05, 4.69) is 32.0 Å². The highest BCUT2D eigenvalue weighted by molar-refractivity contribution is 5.69. The number of carboxylic acids is 1. The van der Waals surface area contributed by atoms with Crippen LogP contribution < -0.4 is 0 Å². The minimum absolute atomic E-state index is 0.259. The van der Waals surface area contributed by atoms with Gasteiger partial charge in [0.2, 0.25) is 0 Å². The molecule has 0 heterocycles. The lowest BCUT2D eigenvalue weighted by molar-refractivity contribution is -0.141. The highest BCUT2D eigenvalue weighted by atomic mass is 16.4. The average molecular weight is 206 g/mol. The maximum absolute atomic E-state index is 10.7. The minimum atomic E-state index is -0.709. The summed E-state index contributed by atoms with van der Waals surface area (Å²) in [5, 5.41) is 8.77. The summed E-state index contributed by atoms with van der Waals surface area (Å²) in [5.74, 6) is -0.967. The summed E-state index contributed by atoms with van der Waals surface area (Å²) < 4.78 is 0. The molecule has 0 aliphatic heterocycles. The first-order chi connectivity index (χ1) is 6.99. The van der Waals surface area contributed by atoms with Gasteiger partial charge in [-0.25, -0.2) is 0 Å². The van der Waals surface area contributed by atoms with Crippen LogP contribution in [0.1, 0.15) is 30.0 Å². The Morgan fingerprint density at radius 2 is 1.80 bits per heavy atom. The molecule has 0 spiro atoms. The third-order valence-electron chi connectivity index (χ3n) is 2.57. The van der Waals surface area contributed by atoms with Gasteiger partial charge in [0.05, 0.1) is 5.92 Å². The predicted molar refractivity (Wildman–Crippen MR) is 61.0 cm³/mol. The number of hydrogen-bond donors (Lipinski definition) is 1. The van der Waals surface area contributed by atoms with Crippen LogP contribution in [0.25, 0.3) is 0 Å². The second-order valence-corrected chi connectivity index (χ2v) is 4.27. The van der Waals surface area contributed by atoms with Gasteiger partial charge in [-0.15, -0.1) is 0 Å². The third kappa shape index (κ3) is 3.74. The van der Waals surface area contributed by atoms with Crippen molar-refractivity contribution in [3.63, 3.8) is 0 Å². The molecular formula is C13H18O2. The van der Waals surface area contributed by atoms with Gasteiger partial charge in [-0.1, -0.05) is 36.2 Å². The molecule has 1 unspecified atom stereocenters. The van der Waals surface area contributed by atoms with Crippen LogP contribution in [0, 0.1) is 19.8 Å². The first-order valence-corrected chi connectivity index (χ1v) is 5.29. The molecule has 0 saturated heterocycles. The predicted octanol–water partition coefficient (Wildman–Crippen LogP) is 2.96. The zero-order valence-corrected chi connectivity index (χ0v) is 9.58. The Labute approximate surface area is 90.9 Å². The molecule has 1 N–H and O–H groups in total. The van der Waals surface area contributed by atoms with Crippen molar-refractivity contribution >= 4 is 5.97 Å². The largest absolute Gasteiger partial charge is 0.481 e. The van der Waals surface area contributed by atoms with Gasteiger partial charge < -0.3 is 5.11 Å². The Kier molecular flexibility index (Phi) is 3.89. The molecule has 0 aromatic heterocycles. The van der Waals surface area contributed by atoms with E-state index in [0.29, 0.717) is 6.42 Å². The van der Waals surface area contributed by atoms with Crippen LogP contribution in [-0.4, -0.2) is 11.1 Å². The van der Waals surface area contributed by atoms with Crippen molar-refractivity contribution in [2.75, 3.05) is 0 Å². The number of hydrogen-bond acceptors (Lipinski definition) is 1. The minimum Gasteiger partial charge on any atom is -0.481 e. The second-order valence-electron chi connectivity index (χ2n) is 4.27. The summed E-state index contributed by atoms with van der Waals surface area (Å²) in [6.45, 7) is 5.89. The molecule has 1 aromatic carbocycles. The summed E-state index contributed by atoms with van der Waals surface area (Å²) in [7, 11) is 0. The monoisotopic (exact) mass is 206 g/mol. The molecular weight excluding hydrogens is 188 g/mol. The van der Waals surface area contributed by atoms with Crippen molar-refractivity contribution in [3.8, 4) is 0 Å². The highest BCUT2D eigenvalue weighted by Gasteiger charge is 2.10. The Balaban J connectivity index is 2.61. The van der Waals surface area contributed by atoms with Crippen LogP contribution in [0.3, 0.4) is 0 Å². The Hall–Kier alpha value is -1.31. The molecule has 15 heavy (non-hydrogen) atoms. The maximum Gasteiger partial charge on any atom is 0.306 e. The van der Waals surface area contributed by atoms with Gasteiger partial charge in [-0.05, 0) is 32.3 Å². The fourth-order valence-corrected chi connectivity index (χ4v) is 1.72. The average Bonchev–Trinajstić information content (AvgIpc) is 2.12. The van der Waals surface area contributed by atoms with Crippen molar-refractivity contribution in [2.45, 2.75) is 33.6 Å². The van der Waals surface area contributed by atoms with E-state index in [1.165, 1.54) is 16.7 Å². The number of benzene rings is 1. The molecule has 82 valence electrons. The van der Waals surface area contributed by atoms with E-state index >= 15 is 0 Å². The van der Waals surface area contributed by atoms with Gasteiger partial charge in [0.15, 0.2) is 0 Å². The van der Waals surface area contributed by atoms with E-state index in [4.69, 9.17) is 5.11 Å². The fourth-order valence-electron chi connectivity index (χ4n) is 1.72. The van der Waals surface area contributed by atoms with E-state index in [0.717, 1.165) is 6.42 Å². The Morgan fingerprint density at radius 1 is 1.27 bits per heavy atom. The van der Waals surface area contributed by atoms with Crippen molar-refractivity contribution in [3.05, 3.63) is 34.9 Å². The van der Waals surface area contributed by atoms with E-state index in [9.17, 15) is 4.79 Å². The normalized spacial score (nSPS) is 12.5. The van der Waals surface area contributed by atoms with Gasteiger partial charge in [0.25, 0.3) is 0 Å². The van der Waals surface area contributed by atoms with Gasteiger partial charge >= 0.3 is 5.97 Å². The molecule has 2 nitrogen and oxygen atoms in total. The van der Waals surface area contributed by atoms with Gasteiger partial charge in [0.1, 0.15) is 0 Å². The summed E-state index contributed by atoms with van der Waals surface area (Å²) in [4.78, 5) is 10.7. The number of rotatable bonds is 4. The van der Waals surface area contributed by atoms with Crippen LogP contribution >= 0.6 is 0 Å². The third-order valence-corrected chi connectivity index (χ3v) is 2.57. The summed E-state index contributed by atoms with van der Waals surface area (Å²) in [6, 6.07) is 6.38. The summed E-state index contributed by atoms with van der Waals surface area (Å²) in [6.07, 6.45) is 1.55. The van der Waals surface area contributed by atoms with Crippen molar-refractivity contribution in [2.24, 2.45) is 5.92 Å². The molecule has 1 aromatic rings. The van der Waals surface area contributed by atoms with Crippen LogP contribution in [0.2, 0.25) is 0 Å². The van der Waals surface area contributed by atoms with E-state index < -0.39 is 5.97 Å². The first-order valence-electron chi connectivity index (χ1n) is 5.29. The molecule has 0 aliphatic rings. The molecule has 1 rings (SSSR count). The molecule has 0 bridgehead atoms.